The van der Waals surface area contributed by atoms with Gasteiger partial charge < -0.3 is 5.32 Å². The summed E-state index contributed by atoms with van der Waals surface area (Å²) >= 11 is 1.94. The van der Waals surface area contributed by atoms with Crippen LogP contribution in [-0.4, -0.2) is 12.6 Å². The summed E-state index contributed by atoms with van der Waals surface area (Å²) in [6.07, 6.45) is 3.86. The van der Waals surface area contributed by atoms with Gasteiger partial charge in [-0.2, -0.15) is 0 Å². The van der Waals surface area contributed by atoms with Crippen LogP contribution < -0.4 is 5.32 Å². The number of nitrogens with one attached hydrogen (secondary N) is 1. The van der Waals surface area contributed by atoms with Crippen LogP contribution in [0.5, 0.6) is 0 Å². The molecule has 1 aromatic rings. The Kier molecular flexibility index (Phi) is 6.07. The molecule has 92 valence electrons. The fourth-order valence-electron chi connectivity index (χ4n) is 1.77. The molecule has 1 N–H and O–H groups in total. The zero-order chi connectivity index (χ0) is 12.0. The summed E-state index contributed by atoms with van der Waals surface area (Å²) in [4.78, 5) is 2.98. The SMILES string of the molecule is Cc1ccc(CCC(C)CCNC(C)C)s1. The molecule has 0 aliphatic heterocycles. The molecule has 0 bridgehead atoms. The molecule has 0 aliphatic rings. The van der Waals surface area contributed by atoms with Crippen molar-refractivity contribution in [2.24, 2.45) is 5.92 Å². The Bertz CT molecular complexity index is 291. The first kappa shape index (κ1) is 13.7. The second kappa shape index (κ2) is 7.08. The van der Waals surface area contributed by atoms with Gasteiger partial charge in [0, 0.05) is 15.8 Å². The maximum atomic E-state index is 3.48. The highest BCUT2D eigenvalue weighted by atomic mass is 32.1. The highest BCUT2D eigenvalue weighted by molar-refractivity contribution is 7.11. The van der Waals surface area contributed by atoms with Crippen molar-refractivity contribution in [2.45, 2.75) is 53.0 Å². The van der Waals surface area contributed by atoms with Gasteiger partial charge in [0.1, 0.15) is 0 Å². The molecular formula is C14H25NS. The zero-order valence-electron chi connectivity index (χ0n) is 11.0. The predicted octanol–water partition coefficient (Wildman–Crippen LogP) is 4.01. The Hall–Kier alpha value is -0.340. The topological polar surface area (TPSA) is 12.0 Å². The van der Waals surface area contributed by atoms with Crippen LogP contribution in [0.3, 0.4) is 0 Å². The molecule has 0 saturated heterocycles. The summed E-state index contributed by atoms with van der Waals surface area (Å²) < 4.78 is 0. The van der Waals surface area contributed by atoms with Crippen molar-refractivity contribution in [1.82, 2.24) is 5.32 Å². The molecule has 1 nitrogen and oxygen atoms in total. The second-order valence-corrected chi connectivity index (χ2v) is 6.43. The fraction of sp³-hybridized carbons (Fsp3) is 0.714. The van der Waals surface area contributed by atoms with Crippen molar-refractivity contribution in [3.63, 3.8) is 0 Å². The maximum Gasteiger partial charge on any atom is 0.00481 e. The summed E-state index contributed by atoms with van der Waals surface area (Å²) in [6.45, 7) is 10.1. The largest absolute Gasteiger partial charge is 0.315 e. The minimum absolute atomic E-state index is 0.618. The fourth-order valence-corrected chi connectivity index (χ4v) is 2.68. The maximum absolute atomic E-state index is 3.48. The summed E-state index contributed by atoms with van der Waals surface area (Å²) in [5.41, 5.74) is 0. The third-order valence-corrected chi connectivity index (χ3v) is 3.93. The van der Waals surface area contributed by atoms with Crippen LogP contribution in [0.15, 0.2) is 12.1 Å². The van der Waals surface area contributed by atoms with Gasteiger partial charge in [-0.05, 0) is 50.8 Å². The van der Waals surface area contributed by atoms with Crippen molar-refractivity contribution in [3.05, 3.63) is 21.9 Å². The van der Waals surface area contributed by atoms with Crippen molar-refractivity contribution in [2.75, 3.05) is 6.54 Å². The Morgan fingerprint density at radius 1 is 1.19 bits per heavy atom. The van der Waals surface area contributed by atoms with Gasteiger partial charge in [0.25, 0.3) is 0 Å². The van der Waals surface area contributed by atoms with Gasteiger partial charge in [0.15, 0.2) is 0 Å². The second-order valence-electron chi connectivity index (χ2n) is 5.05. The number of rotatable bonds is 7. The molecule has 1 atom stereocenters. The van der Waals surface area contributed by atoms with E-state index < -0.39 is 0 Å². The number of aryl methyl sites for hydroxylation is 2. The highest BCUT2D eigenvalue weighted by Crippen LogP contribution is 2.19. The van der Waals surface area contributed by atoms with Crippen LogP contribution in [0.25, 0.3) is 0 Å². The van der Waals surface area contributed by atoms with E-state index in [2.05, 4.69) is 45.1 Å². The Morgan fingerprint density at radius 2 is 1.94 bits per heavy atom. The molecule has 0 aliphatic carbocycles. The van der Waals surface area contributed by atoms with Gasteiger partial charge in [0.2, 0.25) is 0 Å². The van der Waals surface area contributed by atoms with E-state index in [-0.39, 0.29) is 0 Å². The van der Waals surface area contributed by atoms with Crippen molar-refractivity contribution >= 4 is 11.3 Å². The van der Waals surface area contributed by atoms with Crippen LogP contribution in [0.1, 0.15) is 43.4 Å². The van der Waals surface area contributed by atoms with E-state index >= 15 is 0 Å². The lowest BCUT2D eigenvalue weighted by Gasteiger charge is -2.13. The third-order valence-electron chi connectivity index (χ3n) is 2.87. The molecule has 1 heterocycles. The summed E-state index contributed by atoms with van der Waals surface area (Å²) in [5, 5.41) is 3.48. The summed E-state index contributed by atoms with van der Waals surface area (Å²) in [7, 11) is 0. The van der Waals surface area contributed by atoms with Gasteiger partial charge in [-0.3, -0.25) is 0 Å². The molecule has 1 rings (SSSR count). The molecule has 16 heavy (non-hydrogen) atoms. The molecule has 1 unspecified atom stereocenters. The Labute approximate surface area is 104 Å². The molecule has 0 amide bonds. The third kappa shape index (κ3) is 5.66. The molecule has 0 radical (unpaired) electrons. The van der Waals surface area contributed by atoms with Crippen molar-refractivity contribution in [1.29, 1.82) is 0 Å². The highest BCUT2D eigenvalue weighted by Gasteiger charge is 2.04. The first-order valence-corrected chi connectivity index (χ1v) is 7.18. The van der Waals surface area contributed by atoms with Crippen LogP contribution >= 0.6 is 11.3 Å². The van der Waals surface area contributed by atoms with Crippen molar-refractivity contribution < 1.29 is 0 Å². The molecule has 0 fully saturated rings. The van der Waals surface area contributed by atoms with Gasteiger partial charge >= 0.3 is 0 Å². The smallest absolute Gasteiger partial charge is 0.00481 e. The van der Waals surface area contributed by atoms with Crippen molar-refractivity contribution in [3.8, 4) is 0 Å². The van der Waals surface area contributed by atoms with Gasteiger partial charge in [0.05, 0.1) is 0 Å². The summed E-state index contributed by atoms with van der Waals surface area (Å²) in [5.74, 6) is 0.827. The minimum atomic E-state index is 0.618. The molecule has 0 saturated carbocycles. The monoisotopic (exact) mass is 239 g/mol. The van der Waals surface area contributed by atoms with E-state index in [4.69, 9.17) is 0 Å². The molecular weight excluding hydrogens is 214 g/mol. The number of hydrogen-bond acceptors (Lipinski definition) is 2. The average molecular weight is 239 g/mol. The van der Waals surface area contributed by atoms with E-state index in [1.165, 1.54) is 24.1 Å². The Morgan fingerprint density at radius 3 is 2.50 bits per heavy atom. The van der Waals surface area contributed by atoms with E-state index in [0.29, 0.717) is 6.04 Å². The van der Waals surface area contributed by atoms with E-state index in [9.17, 15) is 0 Å². The van der Waals surface area contributed by atoms with Gasteiger partial charge in [-0.25, -0.2) is 0 Å². The molecule has 0 spiro atoms. The van der Waals surface area contributed by atoms with Gasteiger partial charge in [-0.15, -0.1) is 11.3 Å². The van der Waals surface area contributed by atoms with Crippen LogP contribution in [0.2, 0.25) is 0 Å². The van der Waals surface area contributed by atoms with Crippen LogP contribution in [0, 0.1) is 12.8 Å². The number of thiophene rings is 1. The lowest BCUT2D eigenvalue weighted by Crippen LogP contribution is -2.24. The van der Waals surface area contributed by atoms with Gasteiger partial charge in [-0.1, -0.05) is 20.8 Å². The van der Waals surface area contributed by atoms with Crippen LogP contribution in [0.4, 0.5) is 0 Å². The van der Waals surface area contributed by atoms with E-state index in [0.717, 1.165) is 12.5 Å². The molecule has 1 aromatic heterocycles. The van der Waals surface area contributed by atoms with Crippen LogP contribution in [-0.2, 0) is 6.42 Å². The zero-order valence-corrected chi connectivity index (χ0v) is 11.9. The standard InChI is InChI=1S/C14H25NS/c1-11(2)15-10-9-12(3)5-7-14-8-6-13(4)16-14/h6,8,11-12,15H,5,7,9-10H2,1-4H3. The lowest BCUT2D eigenvalue weighted by molar-refractivity contribution is 0.455. The lowest BCUT2D eigenvalue weighted by atomic mass is 10.0. The minimum Gasteiger partial charge on any atom is -0.315 e. The predicted molar refractivity (Wildman–Crippen MR) is 74.3 cm³/mol. The molecule has 2 heteroatoms. The van der Waals surface area contributed by atoms with E-state index in [1.807, 2.05) is 11.3 Å². The Balaban J connectivity index is 2.12. The first-order valence-electron chi connectivity index (χ1n) is 6.36. The quantitative estimate of drug-likeness (QED) is 0.758. The number of hydrogen-bond donors (Lipinski definition) is 1. The normalized spacial score (nSPS) is 13.3. The first-order chi connectivity index (χ1) is 7.58. The summed E-state index contributed by atoms with van der Waals surface area (Å²) in [6, 6.07) is 5.12. The average Bonchev–Trinajstić information content (AvgIpc) is 2.61. The molecule has 0 aromatic carbocycles. The van der Waals surface area contributed by atoms with E-state index in [1.54, 1.807) is 4.88 Å².